The van der Waals surface area contributed by atoms with Gasteiger partial charge >= 0.3 is 6.09 Å². The van der Waals surface area contributed by atoms with Crippen LogP contribution in [0.15, 0.2) is 18.2 Å². The van der Waals surface area contributed by atoms with Gasteiger partial charge in [-0.2, -0.15) is 0 Å². The number of amides is 1. The maximum atomic E-state index is 11.9. The van der Waals surface area contributed by atoms with E-state index < -0.39 is 4.92 Å². The van der Waals surface area contributed by atoms with Gasteiger partial charge in [0, 0.05) is 25.2 Å². The Kier molecular flexibility index (Phi) is 4.55. The van der Waals surface area contributed by atoms with Crippen LogP contribution in [0.25, 0.3) is 0 Å². The van der Waals surface area contributed by atoms with E-state index in [1.54, 1.807) is 17.0 Å². The van der Waals surface area contributed by atoms with Gasteiger partial charge in [-0.3, -0.25) is 10.1 Å². The minimum absolute atomic E-state index is 0.0997. The number of unbranched alkanes of at least 4 members (excludes halogenated alkanes) is 1. The summed E-state index contributed by atoms with van der Waals surface area (Å²) in [5.74, 6) is 0. The van der Waals surface area contributed by atoms with Crippen molar-refractivity contribution in [2.24, 2.45) is 0 Å². The van der Waals surface area contributed by atoms with E-state index >= 15 is 0 Å². The fraction of sp³-hybridized carbons (Fsp3) is 0.500. The molecule has 0 spiro atoms. The van der Waals surface area contributed by atoms with Crippen LogP contribution in [0.2, 0.25) is 0 Å². The lowest BCUT2D eigenvalue weighted by molar-refractivity contribution is -0.384. The molecule has 0 saturated carbocycles. The fourth-order valence-corrected chi connectivity index (χ4v) is 2.20. The Labute approximate surface area is 117 Å². The predicted octanol–water partition coefficient (Wildman–Crippen LogP) is 2.89. The molecule has 0 bridgehead atoms. The van der Waals surface area contributed by atoms with E-state index in [1.807, 2.05) is 6.92 Å². The average molecular weight is 278 g/mol. The van der Waals surface area contributed by atoms with Crippen molar-refractivity contribution in [1.82, 2.24) is 4.90 Å². The van der Waals surface area contributed by atoms with Crippen molar-refractivity contribution in [3.8, 4) is 0 Å². The van der Waals surface area contributed by atoms with E-state index in [0.717, 1.165) is 24.0 Å². The van der Waals surface area contributed by atoms with Gasteiger partial charge in [0.25, 0.3) is 5.69 Å². The number of hydrogen-bond acceptors (Lipinski definition) is 4. The summed E-state index contributed by atoms with van der Waals surface area (Å²) >= 11 is 0. The third kappa shape index (κ3) is 3.26. The molecule has 0 radical (unpaired) electrons. The van der Waals surface area contributed by atoms with E-state index in [4.69, 9.17) is 4.74 Å². The summed E-state index contributed by atoms with van der Waals surface area (Å²) in [6, 6.07) is 4.79. The summed E-state index contributed by atoms with van der Waals surface area (Å²) in [6.45, 7) is 3.48. The minimum atomic E-state index is -0.397. The highest BCUT2D eigenvalue weighted by molar-refractivity contribution is 5.68. The van der Waals surface area contributed by atoms with Crippen molar-refractivity contribution >= 4 is 11.8 Å². The van der Waals surface area contributed by atoms with Crippen LogP contribution in [0.1, 0.15) is 30.9 Å². The first-order valence-corrected chi connectivity index (χ1v) is 6.79. The number of fused-ring (bicyclic) bond motifs is 1. The van der Waals surface area contributed by atoms with Gasteiger partial charge in [-0.15, -0.1) is 0 Å². The molecule has 1 heterocycles. The molecule has 0 aliphatic carbocycles. The topological polar surface area (TPSA) is 72.7 Å². The molecule has 6 heteroatoms. The van der Waals surface area contributed by atoms with Gasteiger partial charge in [-0.05, 0) is 24.0 Å². The Morgan fingerprint density at radius 2 is 2.25 bits per heavy atom. The molecule has 0 atom stereocenters. The largest absolute Gasteiger partial charge is 0.449 e. The highest BCUT2D eigenvalue weighted by atomic mass is 16.6. The number of carbonyl (C=O) groups excluding carboxylic acids is 1. The van der Waals surface area contributed by atoms with Crippen LogP contribution >= 0.6 is 0 Å². The van der Waals surface area contributed by atoms with Gasteiger partial charge in [0.15, 0.2) is 0 Å². The smallest absolute Gasteiger partial charge is 0.410 e. The number of non-ortho nitro benzene ring substituents is 1. The molecule has 1 aliphatic heterocycles. The number of nitro benzene ring substituents is 1. The van der Waals surface area contributed by atoms with E-state index in [9.17, 15) is 14.9 Å². The van der Waals surface area contributed by atoms with Crippen LogP contribution in [-0.4, -0.2) is 29.1 Å². The normalized spacial score (nSPS) is 13.8. The van der Waals surface area contributed by atoms with Crippen molar-refractivity contribution in [1.29, 1.82) is 0 Å². The zero-order chi connectivity index (χ0) is 14.5. The van der Waals surface area contributed by atoms with E-state index in [0.29, 0.717) is 26.1 Å². The van der Waals surface area contributed by atoms with E-state index in [-0.39, 0.29) is 11.8 Å². The van der Waals surface area contributed by atoms with Crippen LogP contribution < -0.4 is 0 Å². The molecular formula is C14H18N2O4. The highest BCUT2D eigenvalue weighted by Gasteiger charge is 2.23. The van der Waals surface area contributed by atoms with Crippen molar-refractivity contribution < 1.29 is 14.5 Å². The molecule has 1 amide bonds. The molecule has 0 unspecified atom stereocenters. The summed E-state index contributed by atoms with van der Waals surface area (Å²) in [5, 5.41) is 10.7. The number of nitro groups is 1. The Morgan fingerprint density at radius 1 is 1.45 bits per heavy atom. The summed E-state index contributed by atoms with van der Waals surface area (Å²) in [4.78, 5) is 23.8. The van der Waals surface area contributed by atoms with Crippen LogP contribution in [0, 0.1) is 10.1 Å². The maximum Gasteiger partial charge on any atom is 0.410 e. The standard InChI is InChI=1S/C14H18N2O4/c1-2-3-8-20-14(17)15-7-6-11-9-13(16(18)19)5-4-12(11)10-15/h4-5,9H,2-3,6-8,10H2,1H3. The molecule has 1 aromatic carbocycles. The van der Waals surface area contributed by atoms with Crippen molar-refractivity contribution in [2.45, 2.75) is 32.7 Å². The summed E-state index contributed by atoms with van der Waals surface area (Å²) in [6.07, 6.45) is 2.17. The quantitative estimate of drug-likeness (QED) is 0.482. The van der Waals surface area contributed by atoms with E-state index in [2.05, 4.69) is 0 Å². The summed E-state index contributed by atoms with van der Waals surface area (Å²) in [7, 11) is 0. The first-order valence-electron chi connectivity index (χ1n) is 6.79. The Morgan fingerprint density at radius 3 is 2.95 bits per heavy atom. The number of carbonyl (C=O) groups is 1. The number of ether oxygens (including phenoxy) is 1. The van der Waals surface area contributed by atoms with Crippen LogP contribution in [0.4, 0.5) is 10.5 Å². The van der Waals surface area contributed by atoms with Gasteiger partial charge in [0.05, 0.1) is 11.5 Å². The summed E-state index contributed by atoms with van der Waals surface area (Å²) < 4.78 is 5.18. The lowest BCUT2D eigenvalue weighted by Gasteiger charge is -2.28. The van der Waals surface area contributed by atoms with Gasteiger partial charge in [0.2, 0.25) is 0 Å². The molecular weight excluding hydrogens is 260 g/mol. The Balaban J connectivity index is 2.00. The third-order valence-corrected chi connectivity index (χ3v) is 3.39. The zero-order valence-electron chi connectivity index (χ0n) is 11.5. The highest BCUT2D eigenvalue weighted by Crippen LogP contribution is 2.24. The first-order chi connectivity index (χ1) is 9.61. The molecule has 2 rings (SSSR count). The van der Waals surface area contributed by atoms with Crippen molar-refractivity contribution in [2.75, 3.05) is 13.2 Å². The molecule has 0 fully saturated rings. The molecule has 0 saturated heterocycles. The number of rotatable bonds is 4. The number of benzene rings is 1. The van der Waals surface area contributed by atoms with E-state index in [1.165, 1.54) is 6.07 Å². The second-order valence-electron chi connectivity index (χ2n) is 4.85. The van der Waals surface area contributed by atoms with Gasteiger partial charge < -0.3 is 9.64 Å². The molecule has 1 aromatic rings. The maximum absolute atomic E-state index is 11.9. The molecule has 0 N–H and O–H groups in total. The Bertz CT molecular complexity index is 516. The van der Waals surface area contributed by atoms with Crippen molar-refractivity contribution in [3.63, 3.8) is 0 Å². The minimum Gasteiger partial charge on any atom is -0.449 e. The van der Waals surface area contributed by atoms with Gasteiger partial charge in [-0.1, -0.05) is 19.4 Å². The average Bonchev–Trinajstić information content (AvgIpc) is 2.46. The second-order valence-corrected chi connectivity index (χ2v) is 4.85. The van der Waals surface area contributed by atoms with Crippen molar-refractivity contribution in [3.05, 3.63) is 39.4 Å². The molecule has 1 aliphatic rings. The monoisotopic (exact) mass is 278 g/mol. The number of hydrogen-bond donors (Lipinski definition) is 0. The van der Waals surface area contributed by atoms with Gasteiger partial charge in [-0.25, -0.2) is 4.79 Å². The lowest BCUT2D eigenvalue weighted by atomic mass is 9.99. The fourth-order valence-electron chi connectivity index (χ4n) is 2.20. The van der Waals surface area contributed by atoms with Crippen LogP contribution in [0.5, 0.6) is 0 Å². The first kappa shape index (κ1) is 14.3. The third-order valence-electron chi connectivity index (χ3n) is 3.39. The predicted molar refractivity (Wildman–Crippen MR) is 73.5 cm³/mol. The second kappa shape index (κ2) is 6.36. The molecule has 0 aromatic heterocycles. The zero-order valence-corrected chi connectivity index (χ0v) is 11.5. The molecule has 20 heavy (non-hydrogen) atoms. The van der Waals surface area contributed by atoms with Gasteiger partial charge in [0.1, 0.15) is 0 Å². The molecule has 108 valence electrons. The number of nitrogens with zero attached hydrogens (tertiary/aromatic N) is 2. The SMILES string of the molecule is CCCCOC(=O)N1CCc2cc([N+](=O)[O-])ccc2C1. The lowest BCUT2D eigenvalue weighted by Crippen LogP contribution is -2.36. The van der Waals surface area contributed by atoms with Crippen LogP contribution in [0.3, 0.4) is 0 Å². The summed E-state index contributed by atoms with van der Waals surface area (Å²) in [5.41, 5.74) is 1.99. The van der Waals surface area contributed by atoms with Crippen LogP contribution in [-0.2, 0) is 17.7 Å². The Hall–Kier alpha value is -2.11. The molecule has 6 nitrogen and oxygen atoms in total.